The predicted octanol–water partition coefficient (Wildman–Crippen LogP) is 4.40. The first-order chi connectivity index (χ1) is 13.1. The van der Waals surface area contributed by atoms with E-state index < -0.39 is 5.91 Å². The van der Waals surface area contributed by atoms with Crippen LogP contribution in [-0.2, 0) is 4.79 Å². The minimum atomic E-state index is -0.422. The number of benzene rings is 1. The largest absolute Gasteiger partial charge is 0.497 e. The third kappa shape index (κ3) is 4.35. The minimum absolute atomic E-state index is 0.0423. The molecule has 2 N–H and O–H groups in total. The summed E-state index contributed by atoms with van der Waals surface area (Å²) < 4.78 is 10.4. The molecule has 0 bridgehead atoms. The molecular weight excluding hydrogens is 366 g/mol. The second kappa shape index (κ2) is 8.50. The molecule has 0 atom stereocenters. The molecule has 7 nitrogen and oxygen atoms in total. The Kier molecular flexibility index (Phi) is 5.87. The third-order valence-corrected chi connectivity index (χ3v) is 4.47. The molecule has 0 aliphatic heterocycles. The highest BCUT2D eigenvalue weighted by Gasteiger charge is 2.25. The normalized spacial score (nSPS) is 10.4. The van der Waals surface area contributed by atoms with Crippen LogP contribution >= 0.6 is 11.3 Å². The number of rotatable bonds is 7. The van der Waals surface area contributed by atoms with E-state index in [0.717, 1.165) is 5.56 Å². The maximum absolute atomic E-state index is 12.9. The number of methoxy groups -OCH3 is 1. The maximum atomic E-state index is 12.9. The molecule has 0 radical (unpaired) electrons. The standard InChI is InChI=1S/C19H19N3O4S/c1-3-4-15(23)21-19-16(17(22-26-19)12-9-10-27-11-12)18(24)20-13-5-7-14(25-2)8-6-13/h5-11H,3-4H2,1-2H3,(H,20,24)(H,21,23). The van der Waals surface area contributed by atoms with E-state index in [9.17, 15) is 9.59 Å². The molecule has 0 fully saturated rings. The lowest BCUT2D eigenvalue weighted by Crippen LogP contribution is -2.17. The van der Waals surface area contributed by atoms with E-state index in [1.54, 1.807) is 31.4 Å². The third-order valence-electron chi connectivity index (χ3n) is 3.79. The molecule has 0 saturated carbocycles. The van der Waals surface area contributed by atoms with Gasteiger partial charge in [-0.25, -0.2) is 0 Å². The number of hydrogen-bond donors (Lipinski definition) is 2. The minimum Gasteiger partial charge on any atom is -0.497 e. The molecule has 2 aromatic heterocycles. The fraction of sp³-hybridized carbons (Fsp3) is 0.211. The summed E-state index contributed by atoms with van der Waals surface area (Å²) in [7, 11) is 1.57. The number of thiophene rings is 1. The fourth-order valence-corrected chi connectivity index (χ4v) is 3.11. The number of hydrogen-bond acceptors (Lipinski definition) is 6. The van der Waals surface area contributed by atoms with Crippen LogP contribution in [-0.4, -0.2) is 24.1 Å². The van der Waals surface area contributed by atoms with Crippen molar-refractivity contribution in [3.8, 4) is 17.0 Å². The van der Waals surface area contributed by atoms with Gasteiger partial charge < -0.3 is 14.6 Å². The van der Waals surface area contributed by atoms with E-state index in [4.69, 9.17) is 9.26 Å². The van der Waals surface area contributed by atoms with Crippen LogP contribution in [0, 0.1) is 0 Å². The summed E-state index contributed by atoms with van der Waals surface area (Å²) in [6.07, 6.45) is 1.01. The molecule has 3 aromatic rings. The zero-order chi connectivity index (χ0) is 19.2. The summed E-state index contributed by atoms with van der Waals surface area (Å²) in [4.78, 5) is 24.9. The number of aromatic nitrogens is 1. The van der Waals surface area contributed by atoms with Gasteiger partial charge in [0.1, 0.15) is 17.0 Å². The Morgan fingerprint density at radius 2 is 1.96 bits per heavy atom. The topological polar surface area (TPSA) is 93.5 Å². The van der Waals surface area contributed by atoms with Crippen molar-refractivity contribution in [3.05, 3.63) is 46.7 Å². The Balaban J connectivity index is 1.91. The first-order valence-corrected chi connectivity index (χ1v) is 9.34. The summed E-state index contributed by atoms with van der Waals surface area (Å²) in [6, 6.07) is 8.78. The van der Waals surface area contributed by atoms with Crippen molar-refractivity contribution in [1.82, 2.24) is 5.16 Å². The van der Waals surface area contributed by atoms with Crippen LogP contribution in [0.1, 0.15) is 30.1 Å². The lowest BCUT2D eigenvalue weighted by atomic mass is 10.1. The van der Waals surface area contributed by atoms with Crippen molar-refractivity contribution in [1.29, 1.82) is 0 Å². The number of anilines is 2. The fourth-order valence-electron chi connectivity index (χ4n) is 2.47. The second-order valence-corrected chi connectivity index (χ2v) is 6.51. The number of carbonyl (C=O) groups is 2. The number of amides is 2. The van der Waals surface area contributed by atoms with Crippen LogP contribution in [0.4, 0.5) is 11.6 Å². The molecule has 140 valence electrons. The number of carbonyl (C=O) groups excluding carboxylic acids is 2. The molecule has 0 unspecified atom stereocenters. The van der Waals surface area contributed by atoms with Gasteiger partial charge in [0.2, 0.25) is 11.8 Å². The summed E-state index contributed by atoms with van der Waals surface area (Å²) in [5, 5.41) is 13.2. The zero-order valence-corrected chi connectivity index (χ0v) is 15.8. The first kappa shape index (κ1) is 18.7. The van der Waals surface area contributed by atoms with E-state index in [1.807, 2.05) is 23.8 Å². The van der Waals surface area contributed by atoms with E-state index in [-0.39, 0.29) is 17.4 Å². The van der Waals surface area contributed by atoms with Crippen LogP contribution in [0.2, 0.25) is 0 Å². The van der Waals surface area contributed by atoms with Crippen molar-refractivity contribution in [2.75, 3.05) is 17.7 Å². The quantitative estimate of drug-likeness (QED) is 0.629. The van der Waals surface area contributed by atoms with Gasteiger partial charge in [-0.2, -0.15) is 11.3 Å². The van der Waals surface area contributed by atoms with Crippen LogP contribution in [0.3, 0.4) is 0 Å². The predicted molar refractivity (Wildman–Crippen MR) is 104 cm³/mol. The Morgan fingerprint density at radius 3 is 2.59 bits per heavy atom. The number of ether oxygens (including phenoxy) is 1. The van der Waals surface area contributed by atoms with E-state index >= 15 is 0 Å². The molecule has 2 heterocycles. The lowest BCUT2D eigenvalue weighted by molar-refractivity contribution is -0.116. The molecule has 0 aliphatic rings. The van der Waals surface area contributed by atoms with Gasteiger partial charge in [-0.05, 0) is 42.1 Å². The van der Waals surface area contributed by atoms with Gasteiger partial charge in [-0.1, -0.05) is 12.1 Å². The van der Waals surface area contributed by atoms with Crippen molar-refractivity contribution < 1.29 is 18.8 Å². The van der Waals surface area contributed by atoms with Crippen molar-refractivity contribution in [2.45, 2.75) is 19.8 Å². The van der Waals surface area contributed by atoms with E-state index in [1.165, 1.54) is 11.3 Å². The van der Waals surface area contributed by atoms with Crippen LogP contribution in [0.15, 0.2) is 45.6 Å². The Labute approximate surface area is 160 Å². The van der Waals surface area contributed by atoms with Crippen LogP contribution < -0.4 is 15.4 Å². The summed E-state index contributed by atoms with van der Waals surface area (Å²) >= 11 is 1.48. The van der Waals surface area contributed by atoms with Gasteiger partial charge in [0.25, 0.3) is 5.91 Å². The van der Waals surface area contributed by atoms with Gasteiger partial charge in [0.05, 0.1) is 7.11 Å². The number of nitrogens with zero attached hydrogens (tertiary/aromatic N) is 1. The zero-order valence-electron chi connectivity index (χ0n) is 14.9. The van der Waals surface area contributed by atoms with E-state index in [2.05, 4.69) is 15.8 Å². The van der Waals surface area contributed by atoms with Crippen LogP contribution in [0.5, 0.6) is 5.75 Å². The van der Waals surface area contributed by atoms with Crippen molar-refractivity contribution in [2.24, 2.45) is 0 Å². The Hall–Kier alpha value is -3.13. The molecule has 0 spiro atoms. The van der Waals surface area contributed by atoms with Gasteiger partial charge in [-0.15, -0.1) is 0 Å². The molecular formula is C19H19N3O4S. The van der Waals surface area contributed by atoms with Crippen LogP contribution in [0.25, 0.3) is 11.3 Å². The van der Waals surface area contributed by atoms with Gasteiger partial charge in [0, 0.05) is 23.1 Å². The second-order valence-electron chi connectivity index (χ2n) is 5.73. The Bertz CT molecular complexity index is 917. The monoisotopic (exact) mass is 385 g/mol. The molecule has 0 aliphatic carbocycles. The Morgan fingerprint density at radius 1 is 1.19 bits per heavy atom. The summed E-state index contributed by atoms with van der Waals surface area (Å²) in [5.41, 5.74) is 1.91. The SMILES string of the molecule is CCCC(=O)Nc1onc(-c2ccsc2)c1C(=O)Nc1ccc(OC)cc1. The molecule has 0 saturated heterocycles. The molecule has 1 aromatic carbocycles. The highest BCUT2D eigenvalue weighted by atomic mass is 32.1. The molecule has 3 rings (SSSR count). The molecule has 8 heteroatoms. The van der Waals surface area contributed by atoms with Gasteiger partial charge in [0.15, 0.2) is 0 Å². The molecule has 2 amide bonds. The smallest absolute Gasteiger partial charge is 0.263 e. The van der Waals surface area contributed by atoms with E-state index in [0.29, 0.717) is 30.0 Å². The summed E-state index contributed by atoms with van der Waals surface area (Å²) in [6.45, 7) is 1.90. The van der Waals surface area contributed by atoms with Gasteiger partial charge >= 0.3 is 0 Å². The highest BCUT2D eigenvalue weighted by molar-refractivity contribution is 7.08. The average Bonchev–Trinajstić information content (AvgIpc) is 3.32. The first-order valence-electron chi connectivity index (χ1n) is 8.40. The summed E-state index contributed by atoms with van der Waals surface area (Å²) in [5.74, 6) is 0.0727. The lowest BCUT2D eigenvalue weighted by Gasteiger charge is -2.08. The maximum Gasteiger partial charge on any atom is 0.263 e. The van der Waals surface area contributed by atoms with Crippen molar-refractivity contribution >= 4 is 34.7 Å². The van der Waals surface area contributed by atoms with Gasteiger partial charge in [-0.3, -0.25) is 14.9 Å². The molecule has 27 heavy (non-hydrogen) atoms. The average molecular weight is 385 g/mol. The number of nitrogens with one attached hydrogen (secondary N) is 2. The van der Waals surface area contributed by atoms with Crippen molar-refractivity contribution in [3.63, 3.8) is 0 Å². The highest BCUT2D eigenvalue weighted by Crippen LogP contribution is 2.31.